The summed E-state index contributed by atoms with van der Waals surface area (Å²) in [5.41, 5.74) is 2.07. The van der Waals surface area contributed by atoms with Gasteiger partial charge in [0.05, 0.1) is 19.1 Å². The van der Waals surface area contributed by atoms with Crippen LogP contribution in [0.5, 0.6) is 0 Å². The third kappa shape index (κ3) is 4.98. The highest BCUT2D eigenvalue weighted by atomic mass is 35.5. The lowest BCUT2D eigenvalue weighted by molar-refractivity contribution is -0.120. The molecule has 0 spiro atoms. The first-order chi connectivity index (χ1) is 11.0. The molecule has 2 rings (SSSR count). The van der Waals surface area contributed by atoms with Gasteiger partial charge < -0.3 is 10.1 Å². The predicted molar refractivity (Wildman–Crippen MR) is 89.8 cm³/mol. The van der Waals surface area contributed by atoms with Gasteiger partial charge in [-0.2, -0.15) is 0 Å². The average molecular weight is 352 g/mol. The summed E-state index contributed by atoms with van der Waals surface area (Å²) in [5, 5.41) is 3.81. The van der Waals surface area contributed by atoms with E-state index >= 15 is 0 Å². The van der Waals surface area contributed by atoms with E-state index in [0.717, 1.165) is 11.1 Å². The zero-order valence-corrected chi connectivity index (χ0v) is 13.9. The van der Waals surface area contributed by atoms with E-state index < -0.39 is 5.97 Å². The van der Waals surface area contributed by atoms with Gasteiger partial charge in [-0.05, 0) is 35.4 Å². The Morgan fingerprint density at radius 2 is 1.78 bits per heavy atom. The number of benzene rings is 2. The van der Waals surface area contributed by atoms with E-state index in [-0.39, 0.29) is 12.3 Å². The first-order valence-electron chi connectivity index (χ1n) is 6.87. The third-order valence-electron chi connectivity index (χ3n) is 3.23. The van der Waals surface area contributed by atoms with Crippen molar-refractivity contribution in [1.82, 2.24) is 5.32 Å². The normalized spacial score (nSPS) is 10.2. The molecule has 0 saturated carbocycles. The molecule has 0 saturated heterocycles. The number of methoxy groups -OCH3 is 1. The van der Waals surface area contributed by atoms with E-state index in [4.69, 9.17) is 23.2 Å². The maximum absolute atomic E-state index is 12.0. The van der Waals surface area contributed by atoms with E-state index in [1.807, 2.05) is 0 Å². The molecule has 0 heterocycles. The maximum atomic E-state index is 12.0. The number of rotatable bonds is 5. The summed E-state index contributed by atoms with van der Waals surface area (Å²) >= 11 is 11.9. The fourth-order valence-corrected chi connectivity index (χ4v) is 2.45. The molecular formula is C17H15Cl2NO3. The molecular weight excluding hydrogens is 337 g/mol. The number of halogens is 2. The second kappa shape index (κ2) is 7.99. The minimum absolute atomic E-state index is 0.147. The Bertz CT molecular complexity index is 714. The van der Waals surface area contributed by atoms with E-state index in [2.05, 4.69) is 10.1 Å². The molecule has 120 valence electrons. The number of carbonyl (C=O) groups is 2. The van der Waals surface area contributed by atoms with Gasteiger partial charge in [-0.15, -0.1) is 0 Å². The van der Waals surface area contributed by atoms with Gasteiger partial charge in [-0.1, -0.05) is 41.4 Å². The molecule has 0 bridgehead atoms. The molecule has 2 aromatic rings. The van der Waals surface area contributed by atoms with Crippen LogP contribution in [0, 0.1) is 0 Å². The number of hydrogen-bond acceptors (Lipinski definition) is 3. The Hall–Kier alpha value is -2.04. The summed E-state index contributed by atoms with van der Waals surface area (Å²) in [4.78, 5) is 23.3. The summed E-state index contributed by atoms with van der Waals surface area (Å²) in [7, 11) is 1.33. The van der Waals surface area contributed by atoms with Crippen LogP contribution in [0.4, 0.5) is 0 Å². The zero-order valence-electron chi connectivity index (χ0n) is 12.4. The largest absolute Gasteiger partial charge is 0.465 e. The van der Waals surface area contributed by atoms with Gasteiger partial charge in [-0.3, -0.25) is 4.79 Å². The van der Waals surface area contributed by atoms with Crippen molar-refractivity contribution >= 4 is 35.1 Å². The zero-order chi connectivity index (χ0) is 16.8. The van der Waals surface area contributed by atoms with Crippen LogP contribution in [0.25, 0.3) is 0 Å². The van der Waals surface area contributed by atoms with Crippen LogP contribution < -0.4 is 5.32 Å². The molecule has 0 aliphatic rings. The summed E-state index contributed by atoms with van der Waals surface area (Å²) in [6.45, 7) is 0.367. The molecule has 23 heavy (non-hydrogen) atoms. The first-order valence-corrected chi connectivity index (χ1v) is 7.63. The van der Waals surface area contributed by atoms with Crippen molar-refractivity contribution in [3.8, 4) is 0 Å². The molecule has 0 atom stereocenters. The molecule has 0 aliphatic heterocycles. The second-order valence-corrected chi connectivity index (χ2v) is 5.72. The van der Waals surface area contributed by atoms with Crippen LogP contribution in [0.15, 0.2) is 42.5 Å². The summed E-state index contributed by atoms with van der Waals surface area (Å²) in [5.74, 6) is -0.538. The van der Waals surface area contributed by atoms with Crippen molar-refractivity contribution in [1.29, 1.82) is 0 Å². The molecule has 1 N–H and O–H groups in total. The standard InChI is InChI=1S/C17H15Cl2NO3/c1-23-17(22)12-4-2-11(3-5-12)10-20-16(21)8-13-6-7-14(18)9-15(13)19/h2-7,9H,8,10H2,1H3,(H,20,21). The van der Waals surface area contributed by atoms with Crippen molar-refractivity contribution in [3.63, 3.8) is 0 Å². The van der Waals surface area contributed by atoms with Gasteiger partial charge in [0.25, 0.3) is 0 Å². The van der Waals surface area contributed by atoms with Crippen LogP contribution >= 0.6 is 23.2 Å². The van der Waals surface area contributed by atoms with Crippen molar-refractivity contribution in [2.75, 3.05) is 7.11 Å². The van der Waals surface area contributed by atoms with E-state index in [1.165, 1.54) is 7.11 Å². The van der Waals surface area contributed by atoms with Crippen molar-refractivity contribution in [3.05, 3.63) is 69.2 Å². The fourth-order valence-electron chi connectivity index (χ4n) is 1.98. The summed E-state index contributed by atoms with van der Waals surface area (Å²) in [6, 6.07) is 11.9. The van der Waals surface area contributed by atoms with Gasteiger partial charge in [0.1, 0.15) is 0 Å². The van der Waals surface area contributed by atoms with Gasteiger partial charge in [-0.25, -0.2) is 4.79 Å². The lowest BCUT2D eigenvalue weighted by Crippen LogP contribution is -2.24. The highest BCUT2D eigenvalue weighted by molar-refractivity contribution is 6.35. The highest BCUT2D eigenvalue weighted by Gasteiger charge is 2.08. The SMILES string of the molecule is COC(=O)c1ccc(CNC(=O)Cc2ccc(Cl)cc2Cl)cc1. The Kier molecular flexibility index (Phi) is 6.02. The molecule has 6 heteroatoms. The highest BCUT2D eigenvalue weighted by Crippen LogP contribution is 2.21. The summed E-state index contributed by atoms with van der Waals surface area (Å²) in [6.07, 6.45) is 0.177. The average Bonchev–Trinajstić information content (AvgIpc) is 2.55. The van der Waals surface area contributed by atoms with Crippen LogP contribution in [-0.2, 0) is 22.5 Å². The Morgan fingerprint density at radius 3 is 2.39 bits per heavy atom. The van der Waals surface area contributed by atoms with Crippen LogP contribution in [0.1, 0.15) is 21.5 Å². The molecule has 2 aromatic carbocycles. The lowest BCUT2D eigenvalue weighted by atomic mass is 10.1. The topological polar surface area (TPSA) is 55.4 Å². The lowest BCUT2D eigenvalue weighted by Gasteiger charge is -2.08. The van der Waals surface area contributed by atoms with Gasteiger partial charge >= 0.3 is 5.97 Å². The Morgan fingerprint density at radius 1 is 1.09 bits per heavy atom. The number of hydrogen-bond donors (Lipinski definition) is 1. The van der Waals surface area contributed by atoms with Crippen LogP contribution in [-0.4, -0.2) is 19.0 Å². The fraction of sp³-hybridized carbons (Fsp3) is 0.176. The quantitative estimate of drug-likeness (QED) is 0.836. The number of ether oxygens (including phenoxy) is 1. The van der Waals surface area contributed by atoms with E-state index in [9.17, 15) is 9.59 Å². The van der Waals surface area contributed by atoms with Crippen LogP contribution in [0.3, 0.4) is 0 Å². The Labute approximate surface area is 144 Å². The molecule has 0 aromatic heterocycles. The van der Waals surface area contributed by atoms with Crippen LogP contribution in [0.2, 0.25) is 10.0 Å². The van der Waals surface area contributed by atoms with Crippen molar-refractivity contribution in [2.24, 2.45) is 0 Å². The molecule has 4 nitrogen and oxygen atoms in total. The molecule has 0 aliphatic carbocycles. The minimum atomic E-state index is -0.391. The van der Waals surface area contributed by atoms with Gasteiger partial charge in [0, 0.05) is 16.6 Å². The number of carbonyl (C=O) groups excluding carboxylic acids is 2. The third-order valence-corrected chi connectivity index (χ3v) is 3.82. The van der Waals surface area contributed by atoms with E-state index in [1.54, 1.807) is 42.5 Å². The number of nitrogens with one attached hydrogen (secondary N) is 1. The minimum Gasteiger partial charge on any atom is -0.465 e. The van der Waals surface area contributed by atoms with Gasteiger partial charge in [0.15, 0.2) is 0 Å². The number of esters is 1. The Balaban J connectivity index is 1.90. The van der Waals surface area contributed by atoms with Crippen molar-refractivity contribution in [2.45, 2.75) is 13.0 Å². The predicted octanol–water partition coefficient (Wildman–Crippen LogP) is 3.64. The smallest absolute Gasteiger partial charge is 0.337 e. The van der Waals surface area contributed by atoms with E-state index in [0.29, 0.717) is 22.2 Å². The van der Waals surface area contributed by atoms with Gasteiger partial charge in [0.2, 0.25) is 5.91 Å². The van der Waals surface area contributed by atoms with Crippen molar-refractivity contribution < 1.29 is 14.3 Å². The number of amides is 1. The molecule has 0 unspecified atom stereocenters. The molecule has 0 fully saturated rings. The first kappa shape index (κ1) is 17.3. The molecule has 1 amide bonds. The monoisotopic (exact) mass is 351 g/mol. The maximum Gasteiger partial charge on any atom is 0.337 e. The second-order valence-electron chi connectivity index (χ2n) is 4.88. The summed E-state index contributed by atoms with van der Waals surface area (Å²) < 4.78 is 4.63. The molecule has 0 radical (unpaired) electrons.